The van der Waals surface area contributed by atoms with Crippen LogP contribution in [-0.2, 0) is 6.61 Å². The minimum Gasteiger partial charge on any atom is -0.474 e. The van der Waals surface area contributed by atoms with Gasteiger partial charge in [-0.15, -0.1) is 0 Å². The summed E-state index contributed by atoms with van der Waals surface area (Å²) in [7, 11) is 2.13. The fourth-order valence-electron chi connectivity index (χ4n) is 2.69. The van der Waals surface area contributed by atoms with Gasteiger partial charge in [-0.25, -0.2) is 4.98 Å². The molecule has 106 valence electrons. The van der Waals surface area contributed by atoms with Gasteiger partial charge < -0.3 is 14.7 Å². The van der Waals surface area contributed by atoms with Crippen LogP contribution in [0.4, 0.5) is 0 Å². The first-order valence-corrected chi connectivity index (χ1v) is 7.11. The number of aliphatic hydroxyl groups is 1. The van der Waals surface area contributed by atoms with Crippen molar-refractivity contribution in [2.75, 3.05) is 20.1 Å². The van der Waals surface area contributed by atoms with E-state index in [1.807, 2.05) is 30.3 Å². The van der Waals surface area contributed by atoms with Crippen LogP contribution in [0, 0.1) is 0 Å². The highest BCUT2D eigenvalue weighted by Gasteiger charge is 2.19. The molecule has 3 rings (SSSR count). The highest BCUT2D eigenvalue weighted by Crippen LogP contribution is 2.24. The number of pyridine rings is 1. The minimum atomic E-state index is 0.00674. The smallest absolute Gasteiger partial charge is 0.214 e. The predicted molar refractivity (Wildman–Crippen MR) is 78.8 cm³/mol. The van der Waals surface area contributed by atoms with E-state index in [1.54, 1.807) is 0 Å². The monoisotopic (exact) mass is 272 g/mol. The first kappa shape index (κ1) is 13.3. The predicted octanol–water partition coefficient (Wildman–Crippen LogP) is 2.20. The van der Waals surface area contributed by atoms with Crippen molar-refractivity contribution in [2.45, 2.75) is 25.6 Å². The number of para-hydroxylation sites is 1. The van der Waals surface area contributed by atoms with Crippen LogP contribution in [-0.4, -0.2) is 41.2 Å². The van der Waals surface area contributed by atoms with Gasteiger partial charge in [0, 0.05) is 24.5 Å². The van der Waals surface area contributed by atoms with E-state index in [9.17, 15) is 5.11 Å². The zero-order valence-electron chi connectivity index (χ0n) is 11.7. The summed E-state index contributed by atoms with van der Waals surface area (Å²) in [6.07, 6.45) is 2.28. The number of likely N-dealkylation sites (tertiary alicyclic amines) is 1. The van der Waals surface area contributed by atoms with Crippen molar-refractivity contribution in [2.24, 2.45) is 0 Å². The highest BCUT2D eigenvalue weighted by atomic mass is 16.5. The van der Waals surface area contributed by atoms with Crippen molar-refractivity contribution >= 4 is 10.9 Å². The molecule has 1 aliphatic rings. The number of piperidine rings is 1. The molecular formula is C16H20N2O2. The lowest BCUT2D eigenvalue weighted by Crippen LogP contribution is -2.35. The molecule has 0 saturated carbocycles. The Balaban J connectivity index is 1.84. The topological polar surface area (TPSA) is 45.6 Å². The largest absolute Gasteiger partial charge is 0.474 e. The zero-order valence-corrected chi connectivity index (χ0v) is 11.7. The standard InChI is InChI=1S/C16H20N2O2/c1-18-8-6-13(7-9-18)20-16-10-12(11-19)14-4-2-3-5-15(14)17-16/h2-5,10,13,19H,6-9,11H2,1H3. The number of ether oxygens (including phenoxy) is 1. The Hall–Kier alpha value is -1.65. The molecule has 0 unspecified atom stereocenters. The molecule has 1 fully saturated rings. The molecule has 1 aromatic carbocycles. The van der Waals surface area contributed by atoms with Crippen molar-refractivity contribution in [1.82, 2.24) is 9.88 Å². The normalized spacial score (nSPS) is 17.5. The van der Waals surface area contributed by atoms with E-state index in [1.165, 1.54) is 0 Å². The third kappa shape index (κ3) is 2.76. The summed E-state index contributed by atoms with van der Waals surface area (Å²) in [6.45, 7) is 2.13. The molecule has 0 bridgehead atoms. The molecule has 0 radical (unpaired) electrons. The summed E-state index contributed by atoms with van der Waals surface area (Å²) >= 11 is 0. The molecule has 0 atom stereocenters. The van der Waals surface area contributed by atoms with Crippen molar-refractivity contribution in [3.05, 3.63) is 35.9 Å². The molecular weight excluding hydrogens is 252 g/mol. The van der Waals surface area contributed by atoms with Crippen molar-refractivity contribution in [3.8, 4) is 5.88 Å². The number of fused-ring (bicyclic) bond motifs is 1. The van der Waals surface area contributed by atoms with Gasteiger partial charge >= 0.3 is 0 Å². The van der Waals surface area contributed by atoms with Crippen LogP contribution in [0.25, 0.3) is 10.9 Å². The van der Waals surface area contributed by atoms with Crippen LogP contribution in [0.5, 0.6) is 5.88 Å². The Labute approximate surface area is 119 Å². The molecule has 0 spiro atoms. The molecule has 2 heterocycles. The molecule has 1 aromatic heterocycles. The molecule has 2 aromatic rings. The number of rotatable bonds is 3. The second-order valence-corrected chi connectivity index (χ2v) is 5.42. The summed E-state index contributed by atoms with van der Waals surface area (Å²) in [4.78, 5) is 6.86. The maximum absolute atomic E-state index is 9.51. The number of nitrogens with zero attached hydrogens (tertiary/aromatic N) is 2. The van der Waals surface area contributed by atoms with Gasteiger partial charge in [0.1, 0.15) is 6.10 Å². The number of hydrogen-bond donors (Lipinski definition) is 1. The summed E-state index contributed by atoms with van der Waals surface area (Å²) in [5.41, 5.74) is 1.75. The number of benzene rings is 1. The van der Waals surface area contributed by atoms with Gasteiger partial charge in [0.2, 0.25) is 5.88 Å². The lowest BCUT2D eigenvalue weighted by atomic mass is 10.1. The average molecular weight is 272 g/mol. The lowest BCUT2D eigenvalue weighted by molar-refractivity contribution is 0.110. The quantitative estimate of drug-likeness (QED) is 0.930. The van der Waals surface area contributed by atoms with Crippen LogP contribution in [0.1, 0.15) is 18.4 Å². The van der Waals surface area contributed by atoms with Gasteiger partial charge in [-0.2, -0.15) is 0 Å². The average Bonchev–Trinajstić information content (AvgIpc) is 2.49. The van der Waals surface area contributed by atoms with Crippen LogP contribution < -0.4 is 4.74 Å². The highest BCUT2D eigenvalue weighted by molar-refractivity contribution is 5.82. The van der Waals surface area contributed by atoms with E-state index in [0.29, 0.717) is 5.88 Å². The Morgan fingerprint density at radius 3 is 2.80 bits per heavy atom. The van der Waals surface area contributed by atoms with E-state index >= 15 is 0 Å². The first-order valence-electron chi connectivity index (χ1n) is 7.11. The molecule has 4 nitrogen and oxygen atoms in total. The molecule has 20 heavy (non-hydrogen) atoms. The third-order valence-electron chi connectivity index (χ3n) is 3.90. The Morgan fingerprint density at radius 1 is 1.30 bits per heavy atom. The van der Waals surface area contributed by atoms with Crippen LogP contribution in [0.3, 0.4) is 0 Å². The number of aliphatic hydroxyl groups excluding tert-OH is 1. The Kier molecular flexibility index (Phi) is 3.85. The van der Waals surface area contributed by atoms with E-state index in [2.05, 4.69) is 16.9 Å². The third-order valence-corrected chi connectivity index (χ3v) is 3.90. The van der Waals surface area contributed by atoms with E-state index < -0.39 is 0 Å². The molecule has 4 heteroatoms. The molecule has 0 amide bonds. The molecule has 1 saturated heterocycles. The van der Waals surface area contributed by atoms with Crippen LogP contribution in [0.15, 0.2) is 30.3 Å². The second kappa shape index (κ2) is 5.77. The SMILES string of the molecule is CN1CCC(Oc2cc(CO)c3ccccc3n2)CC1. The van der Waals surface area contributed by atoms with E-state index in [-0.39, 0.29) is 12.7 Å². The van der Waals surface area contributed by atoms with Gasteiger partial charge in [-0.3, -0.25) is 0 Å². The molecule has 0 aliphatic carbocycles. The van der Waals surface area contributed by atoms with Crippen LogP contribution >= 0.6 is 0 Å². The maximum Gasteiger partial charge on any atom is 0.214 e. The summed E-state index contributed by atoms with van der Waals surface area (Å²) in [6, 6.07) is 9.71. The minimum absolute atomic E-state index is 0.00674. The van der Waals surface area contributed by atoms with Gasteiger partial charge in [0.25, 0.3) is 0 Å². The van der Waals surface area contributed by atoms with Crippen molar-refractivity contribution < 1.29 is 9.84 Å². The summed E-state index contributed by atoms with van der Waals surface area (Å²) in [5, 5.41) is 10.5. The second-order valence-electron chi connectivity index (χ2n) is 5.42. The number of aromatic nitrogens is 1. The fraction of sp³-hybridized carbons (Fsp3) is 0.438. The van der Waals surface area contributed by atoms with E-state index in [4.69, 9.17) is 4.74 Å². The van der Waals surface area contributed by atoms with Gasteiger partial charge in [-0.1, -0.05) is 18.2 Å². The number of hydrogen-bond acceptors (Lipinski definition) is 4. The first-order chi connectivity index (χ1) is 9.76. The van der Waals surface area contributed by atoms with Crippen LogP contribution in [0.2, 0.25) is 0 Å². The van der Waals surface area contributed by atoms with Gasteiger partial charge in [0.05, 0.1) is 12.1 Å². The van der Waals surface area contributed by atoms with E-state index in [0.717, 1.165) is 42.4 Å². The summed E-state index contributed by atoms with van der Waals surface area (Å²) in [5.74, 6) is 0.627. The lowest BCUT2D eigenvalue weighted by Gasteiger charge is -2.29. The maximum atomic E-state index is 9.51. The summed E-state index contributed by atoms with van der Waals surface area (Å²) < 4.78 is 6.01. The van der Waals surface area contributed by atoms with Gasteiger partial charge in [-0.05, 0) is 31.5 Å². The zero-order chi connectivity index (χ0) is 13.9. The molecule has 1 N–H and O–H groups in total. The Morgan fingerprint density at radius 2 is 2.05 bits per heavy atom. The van der Waals surface area contributed by atoms with Crippen molar-refractivity contribution in [1.29, 1.82) is 0 Å². The Bertz CT molecular complexity index is 592. The fourth-order valence-corrected chi connectivity index (χ4v) is 2.69. The van der Waals surface area contributed by atoms with Crippen molar-refractivity contribution in [3.63, 3.8) is 0 Å². The molecule has 1 aliphatic heterocycles. The van der Waals surface area contributed by atoms with Gasteiger partial charge in [0.15, 0.2) is 0 Å².